The number of rotatable bonds is 5. The Labute approximate surface area is 184 Å². The van der Waals surface area contributed by atoms with Crippen molar-refractivity contribution in [2.24, 2.45) is 0 Å². The van der Waals surface area contributed by atoms with E-state index in [9.17, 15) is 9.59 Å². The van der Waals surface area contributed by atoms with E-state index in [-0.39, 0.29) is 30.8 Å². The first-order valence-corrected chi connectivity index (χ1v) is 10.0. The SMILES string of the molecule is Cc1ccccc1NC(=O)COc1ccc2c(c1)OC(=Cc1ccc3c(c1)OCO3)C2=O. The molecule has 7 nitrogen and oxygen atoms in total. The monoisotopic (exact) mass is 429 g/mol. The summed E-state index contributed by atoms with van der Waals surface area (Å²) < 4.78 is 22.0. The smallest absolute Gasteiger partial charge is 0.262 e. The first-order chi connectivity index (χ1) is 15.6. The summed E-state index contributed by atoms with van der Waals surface area (Å²) in [5, 5.41) is 2.81. The molecular weight excluding hydrogens is 410 g/mol. The average Bonchev–Trinajstić information content (AvgIpc) is 3.38. The molecule has 0 atom stereocenters. The van der Waals surface area contributed by atoms with Crippen LogP contribution in [-0.2, 0) is 4.79 Å². The number of hydrogen-bond acceptors (Lipinski definition) is 6. The predicted molar refractivity (Wildman–Crippen MR) is 117 cm³/mol. The second-order valence-electron chi connectivity index (χ2n) is 7.36. The Morgan fingerprint density at radius 3 is 2.75 bits per heavy atom. The Kier molecular flexibility index (Phi) is 4.99. The van der Waals surface area contributed by atoms with Crippen LogP contribution in [0.25, 0.3) is 6.08 Å². The fraction of sp³-hybridized carbons (Fsp3) is 0.120. The number of carbonyl (C=O) groups is 2. The number of ketones is 1. The highest BCUT2D eigenvalue weighted by molar-refractivity contribution is 6.14. The molecule has 0 bridgehead atoms. The highest BCUT2D eigenvalue weighted by Gasteiger charge is 2.28. The number of hydrogen-bond donors (Lipinski definition) is 1. The summed E-state index contributed by atoms with van der Waals surface area (Å²) in [5.41, 5.74) is 2.90. The van der Waals surface area contributed by atoms with Crippen molar-refractivity contribution in [1.82, 2.24) is 0 Å². The number of para-hydroxylation sites is 1. The largest absolute Gasteiger partial charge is 0.484 e. The Morgan fingerprint density at radius 1 is 1.03 bits per heavy atom. The zero-order valence-electron chi connectivity index (χ0n) is 17.2. The molecule has 0 fully saturated rings. The lowest BCUT2D eigenvalue weighted by Crippen LogP contribution is -2.20. The van der Waals surface area contributed by atoms with Gasteiger partial charge in [-0.2, -0.15) is 0 Å². The molecule has 160 valence electrons. The summed E-state index contributed by atoms with van der Waals surface area (Å²) in [6, 6.07) is 17.8. The van der Waals surface area contributed by atoms with Gasteiger partial charge in [-0.1, -0.05) is 24.3 Å². The molecule has 3 aromatic rings. The predicted octanol–water partition coefficient (Wildman–Crippen LogP) is 4.36. The normalized spacial score (nSPS) is 14.8. The minimum absolute atomic E-state index is 0.166. The van der Waals surface area contributed by atoms with Gasteiger partial charge in [-0.25, -0.2) is 0 Å². The van der Waals surface area contributed by atoms with Crippen molar-refractivity contribution in [3.8, 4) is 23.0 Å². The number of anilines is 1. The second kappa shape index (κ2) is 8.11. The van der Waals surface area contributed by atoms with Gasteiger partial charge >= 0.3 is 0 Å². The van der Waals surface area contributed by atoms with E-state index >= 15 is 0 Å². The lowest BCUT2D eigenvalue weighted by Gasteiger charge is -2.10. The van der Waals surface area contributed by atoms with Crippen LogP contribution in [0.3, 0.4) is 0 Å². The van der Waals surface area contributed by atoms with Gasteiger partial charge in [0.1, 0.15) is 11.5 Å². The van der Waals surface area contributed by atoms with Crippen LogP contribution in [0.1, 0.15) is 21.5 Å². The molecule has 1 N–H and O–H groups in total. The van der Waals surface area contributed by atoms with Crippen molar-refractivity contribution in [2.75, 3.05) is 18.7 Å². The fourth-order valence-electron chi connectivity index (χ4n) is 3.46. The molecule has 0 aromatic heterocycles. The number of benzene rings is 3. The van der Waals surface area contributed by atoms with Gasteiger partial charge in [-0.3, -0.25) is 9.59 Å². The Morgan fingerprint density at radius 2 is 1.88 bits per heavy atom. The van der Waals surface area contributed by atoms with Crippen LogP contribution in [0.15, 0.2) is 66.4 Å². The molecule has 2 aliphatic heterocycles. The third-order valence-electron chi connectivity index (χ3n) is 5.12. The van der Waals surface area contributed by atoms with E-state index in [0.717, 1.165) is 16.8 Å². The lowest BCUT2D eigenvalue weighted by atomic mass is 10.1. The van der Waals surface area contributed by atoms with Crippen molar-refractivity contribution in [2.45, 2.75) is 6.92 Å². The summed E-state index contributed by atoms with van der Waals surface area (Å²) in [7, 11) is 0. The lowest BCUT2D eigenvalue weighted by molar-refractivity contribution is -0.118. The highest BCUT2D eigenvalue weighted by Crippen LogP contribution is 2.37. The number of fused-ring (bicyclic) bond motifs is 2. The van der Waals surface area contributed by atoms with Crippen molar-refractivity contribution in [3.63, 3.8) is 0 Å². The molecule has 7 heteroatoms. The van der Waals surface area contributed by atoms with Crippen LogP contribution in [0.2, 0.25) is 0 Å². The molecule has 5 rings (SSSR count). The van der Waals surface area contributed by atoms with Gasteiger partial charge in [-0.15, -0.1) is 0 Å². The summed E-state index contributed by atoms with van der Waals surface area (Å²) in [5.74, 6) is 1.82. The molecule has 2 aliphatic rings. The first kappa shape index (κ1) is 19.7. The van der Waals surface area contributed by atoms with Gasteiger partial charge < -0.3 is 24.3 Å². The maximum atomic E-state index is 12.7. The van der Waals surface area contributed by atoms with Crippen LogP contribution < -0.4 is 24.3 Å². The van der Waals surface area contributed by atoms with Gasteiger partial charge in [0.15, 0.2) is 23.9 Å². The Balaban J connectivity index is 1.26. The number of Topliss-reactive ketones (excluding diaryl/α,β-unsaturated/α-hetero) is 1. The summed E-state index contributed by atoms with van der Waals surface area (Å²) in [4.78, 5) is 24.9. The highest BCUT2D eigenvalue weighted by atomic mass is 16.7. The van der Waals surface area contributed by atoms with Gasteiger partial charge in [0.25, 0.3) is 5.91 Å². The molecule has 0 unspecified atom stereocenters. The molecule has 1 amide bonds. The first-order valence-electron chi connectivity index (χ1n) is 10.0. The van der Waals surface area contributed by atoms with Gasteiger partial charge in [0.05, 0.1) is 5.56 Å². The standard InChI is InChI=1S/C25H19NO6/c1-15-4-2-3-5-19(15)26-24(27)13-29-17-7-8-18-21(12-17)32-23(25(18)28)11-16-6-9-20-22(10-16)31-14-30-20/h2-12H,13-14H2,1H3,(H,26,27). The van der Waals surface area contributed by atoms with Crippen LogP contribution in [-0.4, -0.2) is 25.1 Å². The van der Waals surface area contributed by atoms with E-state index in [0.29, 0.717) is 28.6 Å². The van der Waals surface area contributed by atoms with E-state index in [1.807, 2.05) is 37.3 Å². The van der Waals surface area contributed by atoms with Gasteiger partial charge in [0, 0.05) is 11.8 Å². The molecule has 0 saturated heterocycles. The molecular formula is C25H19NO6. The van der Waals surface area contributed by atoms with Crippen LogP contribution >= 0.6 is 0 Å². The molecule has 0 aliphatic carbocycles. The second-order valence-corrected chi connectivity index (χ2v) is 7.36. The van der Waals surface area contributed by atoms with Crippen LogP contribution in [0.5, 0.6) is 23.0 Å². The van der Waals surface area contributed by atoms with Crippen molar-refractivity contribution in [1.29, 1.82) is 0 Å². The molecule has 32 heavy (non-hydrogen) atoms. The van der Waals surface area contributed by atoms with Gasteiger partial charge in [0.2, 0.25) is 12.6 Å². The number of amides is 1. The van der Waals surface area contributed by atoms with E-state index in [1.54, 1.807) is 36.4 Å². The maximum absolute atomic E-state index is 12.7. The summed E-state index contributed by atoms with van der Waals surface area (Å²) in [6.07, 6.45) is 1.65. The quantitative estimate of drug-likeness (QED) is 0.607. The maximum Gasteiger partial charge on any atom is 0.262 e. The number of nitrogens with one attached hydrogen (secondary N) is 1. The Hall–Kier alpha value is -4.26. The molecule has 0 saturated carbocycles. The number of ether oxygens (including phenoxy) is 4. The third-order valence-corrected chi connectivity index (χ3v) is 5.12. The van der Waals surface area contributed by atoms with Crippen molar-refractivity contribution in [3.05, 3.63) is 83.1 Å². The zero-order valence-corrected chi connectivity index (χ0v) is 17.2. The van der Waals surface area contributed by atoms with E-state index < -0.39 is 0 Å². The summed E-state index contributed by atoms with van der Waals surface area (Å²) in [6.45, 7) is 1.93. The van der Waals surface area contributed by atoms with Crippen LogP contribution in [0, 0.1) is 6.92 Å². The van der Waals surface area contributed by atoms with E-state index in [1.165, 1.54) is 0 Å². The molecule has 0 radical (unpaired) electrons. The third kappa shape index (κ3) is 3.88. The average molecular weight is 429 g/mol. The van der Waals surface area contributed by atoms with E-state index in [2.05, 4.69) is 5.32 Å². The van der Waals surface area contributed by atoms with Crippen molar-refractivity contribution >= 4 is 23.5 Å². The van der Waals surface area contributed by atoms with Crippen molar-refractivity contribution < 1.29 is 28.5 Å². The molecule has 3 aromatic carbocycles. The van der Waals surface area contributed by atoms with Gasteiger partial charge in [-0.05, 0) is 54.5 Å². The number of aryl methyl sites for hydroxylation is 1. The fourth-order valence-corrected chi connectivity index (χ4v) is 3.46. The Bertz CT molecular complexity index is 1260. The van der Waals surface area contributed by atoms with E-state index in [4.69, 9.17) is 18.9 Å². The van der Waals surface area contributed by atoms with Crippen LogP contribution in [0.4, 0.5) is 5.69 Å². The topological polar surface area (TPSA) is 83.1 Å². The summed E-state index contributed by atoms with van der Waals surface area (Å²) >= 11 is 0. The molecule has 2 heterocycles. The number of allylic oxidation sites excluding steroid dienone is 1. The minimum Gasteiger partial charge on any atom is -0.484 e. The minimum atomic E-state index is -0.278. The zero-order chi connectivity index (χ0) is 22.1. The number of carbonyl (C=O) groups excluding carboxylic acids is 2. The molecule has 0 spiro atoms.